The Labute approximate surface area is 107 Å². The highest BCUT2D eigenvalue weighted by atomic mass is 16.5. The van der Waals surface area contributed by atoms with Crippen molar-refractivity contribution in [1.82, 2.24) is 5.32 Å². The zero-order valence-corrected chi connectivity index (χ0v) is 10.9. The first-order chi connectivity index (χ1) is 8.60. The molecule has 0 saturated carbocycles. The second kappa shape index (κ2) is 6.66. The highest BCUT2D eigenvalue weighted by molar-refractivity contribution is 6.03. The minimum Gasteiger partial charge on any atom is -0.393 e. The lowest BCUT2D eigenvalue weighted by molar-refractivity contribution is -0.113. The van der Waals surface area contributed by atoms with E-state index < -0.39 is 0 Å². The molecule has 1 atom stereocenters. The van der Waals surface area contributed by atoms with Gasteiger partial charge < -0.3 is 21.1 Å². The van der Waals surface area contributed by atoms with Crippen LogP contribution in [0.2, 0.25) is 0 Å². The lowest BCUT2D eigenvalue weighted by Crippen LogP contribution is -2.31. The Bertz CT molecular complexity index is 429. The molecule has 0 saturated heterocycles. The van der Waals surface area contributed by atoms with Crippen LogP contribution in [0, 0.1) is 0 Å². The third-order valence-electron chi connectivity index (χ3n) is 2.60. The molecule has 0 radical (unpaired) electrons. The number of nitrogens with two attached hydrogens (primary N) is 1. The zero-order chi connectivity index (χ0) is 13.5. The molecule has 0 aliphatic heterocycles. The van der Waals surface area contributed by atoms with E-state index in [9.17, 15) is 4.79 Å². The van der Waals surface area contributed by atoms with Gasteiger partial charge in [-0.05, 0) is 19.1 Å². The number of rotatable bonds is 5. The Morgan fingerprint density at radius 2 is 1.94 bits per heavy atom. The summed E-state index contributed by atoms with van der Waals surface area (Å²) in [4.78, 5) is 11.9. The average molecular weight is 249 g/mol. The first-order valence-electron chi connectivity index (χ1n) is 5.66. The van der Waals surface area contributed by atoms with Gasteiger partial charge in [0.15, 0.2) is 0 Å². The summed E-state index contributed by atoms with van der Waals surface area (Å²) in [7, 11) is 3.26. The number of ether oxygens (including phenoxy) is 1. The van der Waals surface area contributed by atoms with E-state index in [0.29, 0.717) is 11.4 Å². The molecule has 0 fully saturated rings. The first-order valence-corrected chi connectivity index (χ1v) is 5.66. The molecule has 1 rings (SSSR count). The van der Waals surface area contributed by atoms with E-state index in [-0.39, 0.29) is 17.7 Å². The smallest absolute Gasteiger partial charge is 0.273 e. The molecule has 0 aliphatic rings. The van der Waals surface area contributed by atoms with Crippen molar-refractivity contribution in [2.75, 3.05) is 19.5 Å². The second-order valence-corrected chi connectivity index (χ2v) is 3.78. The molecule has 0 unspecified atom stereocenters. The van der Waals surface area contributed by atoms with E-state index in [1.165, 1.54) is 0 Å². The molecule has 98 valence electrons. The predicted octanol–water partition coefficient (Wildman–Crippen LogP) is 1.05. The van der Waals surface area contributed by atoms with E-state index in [1.807, 2.05) is 25.1 Å². The number of methoxy groups -OCH3 is 1. The van der Waals surface area contributed by atoms with Gasteiger partial charge in [-0.2, -0.15) is 0 Å². The van der Waals surface area contributed by atoms with E-state index >= 15 is 0 Å². The number of amides is 1. The van der Waals surface area contributed by atoms with E-state index in [0.717, 1.165) is 0 Å². The lowest BCUT2D eigenvalue weighted by atomic mass is 10.2. The van der Waals surface area contributed by atoms with Crippen molar-refractivity contribution in [3.63, 3.8) is 0 Å². The summed E-state index contributed by atoms with van der Waals surface area (Å²) < 4.78 is 5.14. The number of para-hydroxylation sites is 1. The maximum Gasteiger partial charge on any atom is 0.273 e. The maximum atomic E-state index is 11.9. The molecule has 0 heterocycles. The van der Waals surface area contributed by atoms with Crippen molar-refractivity contribution in [3.05, 3.63) is 41.7 Å². The van der Waals surface area contributed by atoms with E-state index in [2.05, 4.69) is 10.6 Å². The van der Waals surface area contributed by atoms with Gasteiger partial charge in [0.25, 0.3) is 5.91 Å². The SMILES string of the molecule is CN/C(=C(/N)C(=O)Nc1ccccc1)[C@H](C)OC. The average Bonchev–Trinajstić information content (AvgIpc) is 2.40. The summed E-state index contributed by atoms with van der Waals surface area (Å²) in [5, 5.41) is 5.61. The second-order valence-electron chi connectivity index (χ2n) is 3.78. The maximum absolute atomic E-state index is 11.9. The van der Waals surface area contributed by atoms with Crippen molar-refractivity contribution in [2.24, 2.45) is 5.73 Å². The van der Waals surface area contributed by atoms with Crippen LogP contribution in [0.25, 0.3) is 0 Å². The van der Waals surface area contributed by atoms with E-state index in [1.54, 1.807) is 26.3 Å². The van der Waals surface area contributed by atoms with Gasteiger partial charge >= 0.3 is 0 Å². The predicted molar refractivity (Wildman–Crippen MR) is 71.8 cm³/mol. The molecule has 1 aromatic carbocycles. The number of benzene rings is 1. The fourth-order valence-corrected chi connectivity index (χ4v) is 1.52. The van der Waals surface area contributed by atoms with Crippen LogP contribution >= 0.6 is 0 Å². The molecule has 18 heavy (non-hydrogen) atoms. The van der Waals surface area contributed by atoms with Crippen LogP contribution in [0.1, 0.15) is 6.92 Å². The summed E-state index contributed by atoms with van der Waals surface area (Å²) >= 11 is 0. The van der Waals surface area contributed by atoms with Crippen molar-refractivity contribution in [1.29, 1.82) is 0 Å². The Morgan fingerprint density at radius 1 is 1.33 bits per heavy atom. The third kappa shape index (κ3) is 3.49. The summed E-state index contributed by atoms with van der Waals surface area (Å²) in [6, 6.07) is 9.15. The normalized spacial score (nSPS) is 13.5. The zero-order valence-electron chi connectivity index (χ0n) is 10.9. The molecule has 0 bridgehead atoms. The quantitative estimate of drug-likeness (QED) is 0.682. The highest BCUT2D eigenvalue weighted by Crippen LogP contribution is 2.09. The van der Waals surface area contributed by atoms with Gasteiger partial charge in [-0.3, -0.25) is 4.79 Å². The largest absolute Gasteiger partial charge is 0.393 e. The fraction of sp³-hybridized carbons (Fsp3) is 0.308. The summed E-state index contributed by atoms with van der Waals surface area (Å²) in [6.07, 6.45) is -0.267. The third-order valence-corrected chi connectivity index (χ3v) is 2.60. The van der Waals surface area contributed by atoms with Crippen LogP contribution in [0.5, 0.6) is 0 Å². The summed E-state index contributed by atoms with van der Waals surface area (Å²) in [6.45, 7) is 1.81. The molecule has 0 aromatic heterocycles. The topological polar surface area (TPSA) is 76.4 Å². The lowest BCUT2D eigenvalue weighted by Gasteiger charge is -2.17. The number of nitrogens with one attached hydrogen (secondary N) is 2. The fourth-order valence-electron chi connectivity index (χ4n) is 1.52. The van der Waals surface area contributed by atoms with E-state index in [4.69, 9.17) is 10.5 Å². The van der Waals surface area contributed by atoms with Gasteiger partial charge in [0.2, 0.25) is 0 Å². The first kappa shape index (κ1) is 14.1. The van der Waals surface area contributed by atoms with Crippen molar-refractivity contribution < 1.29 is 9.53 Å². The molecular formula is C13H19N3O2. The van der Waals surface area contributed by atoms with Crippen LogP contribution in [0.4, 0.5) is 5.69 Å². The molecule has 5 nitrogen and oxygen atoms in total. The molecule has 5 heteroatoms. The minimum absolute atomic E-state index is 0.121. The molecular weight excluding hydrogens is 230 g/mol. The van der Waals surface area contributed by atoms with Gasteiger partial charge in [0.05, 0.1) is 11.8 Å². The van der Waals surface area contributed by atoms with Gasteiger partial charge in [-0.1, -0.05) is 18.2 Å². The van der Waals surface area contributed by atoms with Gasteiger partial charge in [-0.25, -0.2) is 0 Å². The van der Waals surface area contributed by atoms with Crippen LogP contribution in [-0.2, 0) is 9.53 Å². The molecule has 0 spiro atoms. The minimum atomic E-state index is -0.352. The number of carbonyl (C=O) groups is 1. The van der Waals surface area contributed by atoms with Crippen LogP contribution in [-0.4, -0.2) is 26.2 Å². The van der Waals surface area contributed by atoms with Gasteiger partial charge in [-0.15, -0.1) is 0 Å². The van der Waals surface area contributed by atoms with Crippen LogP contribution in [0.3, 0.4) is 0 Å². The van der Waals surface area contributed by atoms with Crippen molar-refractivity contribution in [3.8, 4) is 0 Å². The molecule has 1 aromatic rings. The van der Waals surface area contributed by atoms with Crippen molar-refractivity contribution in [2.45, 2.75) is 13.0 Å². The van der Waals surface area contributed by atoms with Gasteiger partial charge in [0.1, 0.15) is 5.70 Å². The number of hydrogen-bond acceptors (Lipinski definition) is 4. The number of hydrogen-bond donors (Lipinski definition) is 3. The van der Waals surface area contributed by atoms with Gasteiger partial charge in [0, 0.05) is 19.8 Å². The highest BCUT2D eigenvalue weighted by Gasteiger charge is 2.16. The number of likely N-dealkylation sites (N-methyl/N-ethyl adjacent to an activating group) is 1. The number of carbonyl (C=O) groups excluding carboxylic acids is 1. The van der Waals surface area contributed by atoms with Crippen LogP contribution in [0.15, 0.2) is 41.7 Å². The molecule has 1 amide bonds. The summed E-state index contributed by atoms with van der Waals surface area (Å²) in [5.41, 5.74) is 7.20. The summed E-state index contributed by atoms with van der Waals surface area (Å²) in [5.74, 6) is -0.352. The Morgan fingerprint density at radius 3 is 2.44 bits per heavy atom. The molecule has 0 aliphatic carbocycles. The van der Waals surface area contributed by atoms with Crippen molar-refractivity contribution >= 4 is 11.6 Å². The number of anilines is 1. The Kier molecular flexibility index (Phi) is 5.20. The Balaban J connectivity index is 2.85. The monoisotopic (exact) mass is 249 g/mol. The Hall–Kier alpha value is -2.01. The molecule has 4 N–H and O–H groups in total. The standard InChI is InChI=1S/C13H19N3O2/c1-9(18-3)12(15-2)11(14)13(17)16-10-7-5-4-6-8-10/h4-9,15H,14H2,1-3H3,(H,16,17)/b12-11+/t9-/m0/s1. The van der Waals surface area contributed by atoms with Crippen LogP contribution < -0.4 is 16.4 Å².